The summed E-state index contributed by atoms with van der Waals surface area (Å²) in [5.74, 6) is 1.46. The van der Waals surface area contributed by atoms with Crippen molar-refractivity contribution in [1.29, 1.82) is 0 Å². The number of hydrogen-bond acceptors (Lipinski definition) is 4. The fraction of sp³-hybridized carbons (Fsp3) is 0.938. The first-order valence-corrected chi connectivity index (χ1v) is 9.29. The summed E-state index contributed by atoms with van der Waals surface area (Å²) in [6, 6.07) is -0.465. The van der Waals surface area contributed by atoms with Gasteiger partial charge in [-0.25, -0.2) is 0 Å². The fourth-order valence-corrected chi connectivity index (χ4v) is 3.09. The molecule has 2 N–H and O–H groups in total. The van der Waals surface area contributed by atoms with Crippen LogP contribution in [0.2, 0.25) is 0 Å². The Morgan fingerprint density at radius 3 is 2.00 bits per heavy atom. The van der Waals surface area contributed by atoms with E-state index in [4.69, 9.17) is 5.73 Å². The lowest BCUT2D eigenvalue weighted by Gasteiger charge is -2.08. The first-order chi connectivity index (χ1) is 9.72. The summed E-state index contributed by atoms with van der Waals surface area (Å²) in [4.78, 5) is 11.1. The molecule has 0 aromatic heterocycles. The maximum absolute atomic E-state index is 11.1. The summed E-state index contributed by atoms with van der Waals surface area (Å²) < 4.78 is 4.59. The van der Waals surface area contributed by atoms with Crippen LogP contribution >= 0.6 is 11.8 Å². The number of thioether (sulfide) groups is 1. The molecule has 3 nitrogen and oxygen atoms in total. The number of hydrogen-bond donors (Lipinski definition) is 1. The Kier molecular flexibility index (Phi) is 15.0. The van der Waals surface area contributed by atoms with Gasteiger partial charge in [0.05, 0.1) is 7.11 Å². The van der Waals surface area contributed by atoms with Crippen LogP contribution in [-0.4, -0.2) is 30.6 Å². The first kappa shape index (κ1) is 19.8. The predicted molar refractivity (Wildman–Crippen MR) is 89.2 cm³/mol. The van der Waals surface area contributed by atoms with Gasteiger partial charge < -0.3 is 10.5 Å². The van der Waals surface area contributed by atoms with E-state index < -0.39 is 6.04 Å². The molecule has 0 heterocycles. The van der Waals surface area contributed by atoms with Gasteiger partial charge in [0.15, 0.2) is 0 Å². The van der Waals surface area contributed by atoms with Crippen LogP contribution in [0.4, 0.5) is 0 Å². The molecule has 0 spiro atoms. The molecule has 0 radical (unpaired) electrons. The van der Waals surface area contributed by atoms with E-state index >= 15 is 0 Å². The van der Waals surface area contributed by atoms with Crippen molar-refractivity contribution in [1.82, 2.24) is 0 Å². The van der Waals surface area contributed by atoms with Crippen LogP contribution in [0.1, 0.15) is 71.1 Å². The third kappa shape index (κ3) is 12.8. The fourth-order valence-electron chi connectivity index (χ4n) is 2.12. The molecule has 0 aliphatic rings. The number of methoxy groups -OCH3 is 1. The van der Waals surface area contributed by atoms with Crippen LogP contribution in [0.15, 0.2) is 0 Å². The number of esters is 1. The third-order valence-corrected chi connectivity index (χ3v) is 4.62. The molecule has 4 heteroatoms. The van der Waals surface area contributed by atoms with Crippen molar-refractivity contribution in [2.24, 2.45) is 5.73 Å². The van der Waals surface area contributed by atoms with Crippen LogP contribution in [-0.2, 0) is 9.53 Å². The summed E-state index contributed by atoms with van der Waals surface area (Å²) in [5, 5.41) is 0. The van der Waals surface area contributed by atoms with Gasteiger partial charge in [-0.1, -0.05) is 64.7 Å². The van der Waals surface area contributed by atoms with Crippen molar-refractivity contribution in [3.63, 3.8) is 0 Å². The molecule has 0 bridgehead atoms. The Balaban J connectivity index is 3.11. The van der Waals surface area contributed by atoms with Gasteiger partial charge in [0, 0.05) is 5.75 Å². The van der Waals surface area contributed by atoms with E-state index in [0.717, 1.165) is 5.75 Å². The van der Waals surface area contributed by atoms with Crippen molar-refractivity contribution in [3.8, 4) is 0 Å². The number of nitrogens with two attached hydrogens (primary N) is 1. The standard InChI is InChI=1S/C16H33NO2S/c1-3-4-5-6-7-8-9-10-11-12-13-20-14-15(17)16(18)19-2/h15H,3-14,17H2,1-2H3. The summed E-state index contributed by atoms with van der Waals surface area (Å²) in [7, 11) is 1.38. The molecule has 1 unspecified atom stereocenters. The van der Waals surface area contributed by atoms with Crippen LogP contribution in [0.25, 0.3) is 0 Å². The number of unbranched alkanes of at least 4 members (excludes halogenated alkanes) is 9. The van der Waals surface area contributed by atoms with Crippen LogP contribution in [0.3, 0.4) is 0 Å². The van der Waals surface area contributed by atoms with Gasteiger partial charge in [0.25, 0.3) is 0 Å². The molecule has 0 aliphatic carbocycles. The Labute approximate surface area is 129 Å². The maximum atomic E-state index is 11.1. The topological polar surface area (TPSA) is 52.3 Å². The number of ether oxygens (including phenoxy) is 1. The minimum absolute atomic E-state index is 0.305. The molecular weight excluding hydrogens is 270 g/mol. The van der Waals surface area contributed by atoms with Gasteiger partial charge in [-0.15, -0.1) is 0 Å². The second kappa shape index (κ2) is 15.2. The number of carbonyl (C=O) groups is 1. The zero-order valence-electron chi connectivity index (χ0n) is 13.4. The van der Waals surface area contributed by atoms with Crippen molar-refractivity contribution < 1.29 is 9.53 Å². The number of rotatable bonds is 14. The van der Waals surface area contributed by atoms with Gasteiger partial charge in [0.1, 0.15) is 6.04 Å². The minimum atomic E-state index is -0.465. The van der Waals surface area contributed by atoms with Crippen molar-refractivity contribution in [2.45, 2.75) is 77.2 Å². The van der Waals surface area contributed by atoms with Crippen molar-refractivity contribution in [2.75, 3.05) is 18.6 Å². The second-order valence-electron chi connectivity index (χ2n) is 5.39. The Bertz CT molecular complexity index is 225. The van der Waals surface area contributed by atoms with Crippen molar-refractivity contribution in [3.05, 3.63) is 0 Å². The summed E-state index contributed by atoms with van der Waals surface area (Å²) in [6.45, 7) is 2.26. The molecule has 20 heavy (non-hydrogen) atoms. The Morgan fingerprint density at radius 1 is 1.00 bits per heavy atom. The maximum Gasteiger partial charge on any atom is 0.323 e. The van der Waals surface area contributed by atoms with Crippen LogP contribution in [0, 0.1) is 0 Å². The highest BCUT2D eigenvalue weighted by atomic mass is 32.2. The quantitative estimate of drug-likeness (QED) is 0.387. The molecule has 0 fully saturated rings. The van der Waals surface area contributed by atoms with Gasteiger partial charge in [-0.2, -0.15) is 11.8 Å². The lowest BCUT2D eigenvalue weighted by atomic mass is 10.1. The second-order valence-corrected chi connectivity index (χ2v) is 6.54. The SMILES string of the molecule is CCCCCCCCCCCCSCC(N)C(=O)OC. The Morgan fingerprint density at radius 2 is 1.50 bits per heavy atom. The van der Waals surface area contributed by atoms with E-state index in [-0.39, 0.29) is 5.97 Å². The minimum Gasteiger partial charge on any atom is -0.468 e. The summed E-state index contributed by atoms with van der Waals surface area (Å²) in [6.07, 6.45) is 13.6. The zero-order chi connectivity index (χ0) is 15.1. The van der Waals surface area contributed by atoms with Gasteiger partial charge in [-0.3, -0.25) is 4.79 Å². The van der Waals surface area contributed by atoms with Crippen LogP contribution < -0.4 is 5.73 Å². The smallest absolute Gasteiger partial charge is 0.323 e. The molecule has 1 atom stereocenters. The molecule has 0 saturated carbocycles. The predicted octanol–water partition coefficient (Wildman–Crippen LogP) is 4.14. The first-order valence-electron chi connectivity index (χ1n) is 8.13. The Hall–Kier alpha value is -0.220. The van der Waals surface area contributed by atoms with Crippen molar-refractivity contribution >= 4 is 17.7 Å². The molecular formula is C16H33NO2S. The van der Waals surface area contributed by atoms with E-state index in [1.54, 1.807) is 11.8 Å². The van der Waals surface area contributed by atoms with E-state index in [9.17, 15) is 4.79 Å². The molecule has 0 aliphatic heterocycles. The summed E-state index contributed by atoms with van der Waals surface area (Å²) in [5.41, 5.74) is 5.66. The monoisotopic (exact) mass is 303 g/mol. The third-order valence-electron chi connectivity index (χ3n) is 3.44. The zero-order valence-corrected chi connectivity index (χ0v) is 14.2. The molecule has 0 saturated heterocycles. The van der Waals surface area contributed by atoms with E-state index in [1.807, 2.05) is 0 Å². The largest absolute Gasteiger partial charge is 0.468 e. The van der Waals surface area contributed by atoms with E-state index in [0.29, 0.717) is 5.75 Å². The van der Waals surface area contributed by atoms with Gasteiger partial charge in [-0.05, 0) is 12.2 Å². The van der Waals surface area contributed by atoms with E-state index in [2.05, 4.69) is 11.7 Å². The highest BCUT2D eigenvalue weighted by molar-refractivity contribution is 7.99. The molecule has 120 valence electrons. The highest BCUT2D eigenvalue weighted by Gasteiger charge is 2.12. The van der Waals surface area contributed by atoms with Crippen LogP contribution in [0.5, 0.6) is 0 Å². The van der Waals surface area contributed by atoms with Gasteiger partial charge >= 0.3 is 5.97 Å². The summed E-state index contributed by atoms with van der Waals surface area (Å²) >= 11 is 1.76. The molecule has 0 rings (SSSR count). The molecule has 0 amide bonds. The van der Waals surface area contributed by atoms with E-state index in [1.165, 1.54) is 71.3 Å². The normalized spacial score (nSPS) is 12.3. The lowest BCUT2D eigenvalue weighted by Crippen LogP contribution is -2.33. The highest BCUT2D eigenvalue weighted by Crippen LogP contribution is 2.12. The average Bonchev–Trinajstić information content (AvgIpc) is 2.47. The molecule has 0 aromatic carbocycles. The van der Waals surface area contributed by atoms with Gasteiger partial charge in [0.2, 0.25) is 0 Å². The molecule has 0 aromatic rings. The number of carbonyl (C=O) groups excluding carboxylic acids is 1. The average molecular weight is 304 g/mol. The lowest BCUT2D eigenvalue weighted by molar-refractivity contribution is -0.141.